The fraction of sp³-hybridized carbons (Fsp3) is 0.190. The number of nitrogens with one attached hydrogen (secondary N) is 1. The van der Waals surface area contributed by atoms with Crippen molar-refractivity contribution in [3.8, 4) is 11.3 Å². The first-order chi connectivity index (χ1) is 12.5. The third-order valence-corrected chi connectivity index (χ3v) is 5.21. The van der Waals surface area contributed by atoms with Crippen molar-refractivity contribution in [1.82, 2.24) is 10.2 Å². The molecule has 1 N–H and O–H groups in total. The van der Waals surface area contributed by atoms with Crippen LogP contribution in [0.15, 0.2) is 59.6 Å². The molecule has 2 aromatic carbocycles. The lowest BCUT2D eigenvalue weighted by atomic mass is 10.1. The molecule has 0 atom stereocenters. The average Bonchev–Trinajstić information content (AvgIpc) is 2.65. The van der Waals surface area contributed by atoms with Gasteiger partial charge in [0, 0.05) is 11.3 Å². The van der Waals surface area contributed by atoms with Crippen LogP contribution in [0.2, 0.25) is 0 Å². The number of aromatic nitrogens is 2. The molecule has 4 nitrogen and oxygen atoms in total. The van der Waals surface area contributed by atoms with E-state index in [0.29, 0.717) is 5.75 Å². The molecule has 0 aliphatic heterocycles. The molecule has 1 heterocycles. The van der Waals surface area contributed by atoms with Gasteiger partial charge in [-0.3, -0.25) is 4.79 Å². The second-order valence-corrected chi connectivity index (χ2v) is 7.15. The van der Waals surface area contributed by atoms with Crippen LogP contribution in [0.25, 0.3) is 11.3 Å². The van der Waals surface area contributed by atoms with E-state index in [2.05, 4.69) is 28.5 Å². The molecule has 1 amide bonds. The van der Waals surface area contributed by atoms with E-state index in [1.165, 1.54) is 11.8 Å². The number of aryl methyl sites for hydroxylation is 2. The van der Waals surface area contributed by atoms with E-state index in [1.807, 2.05) is 62.4 Å². The molecule has 0 radical (unpaired) electrons. The van der Waals surface area contributed by atoms with E-state index in [-0.39, 0.29) is 5.91 Å². The van der Waals surface area contributed by atoms with Gasteiger partial charge in [0.25, 0.3) is 0 Å². The summed E-state index contributed by atoms with van der Waals surface area (Å²) < 4.78 is 0. The molecule has 0 saturated carbocycles. The average molecular weight is 363 g/mol. The van der Waals surface area contributed by atoms with Crippen LogP contribution in [0.5, 0.6) is 0 Å². The van der Waals surface area contributed by atoms with E-state index in [4.69, 9.17) is 0 Å². The number of thioether (sulfide) groups is 1. The number of hydrogen-bond acceptors (Lipinski definition) is 4. The molecule has 0 saturated heterocycles. The van der Waals surface area contributed by atoms with Gasteiger partial charge in [-0.05, 0) is 55.7 Å². The lowest BCUT2D eigenvalue weighted by Gasteiger charge is -2.10. The second-order valence-electron chi connectivity index (χ2n) is 6.16. The van der Waals surface area contributed by atoms with Gasteiger partial charge in [-0.1, -0.05) is 48.2 Å². The predicted octanol–water partition coefficient (Wildman–Crippen LogP) is 4.80. The molecule has 0 aliphatic carbocycles. The first-order valence-corrected chi connectivity index (χ1v) is 9.42. The van der Waals surface area contributed by atoms with Gasteiger partial charge in [-0.2, -0.15) is 0 Å². The Hall–Kier alpha value is -2.66. The largest absolute Gasteiger partial charge is 0.325 e. The number of nitrogens with zero attached hydrogens (tertiary/aromatic N) is 2. The van der Waals surface area contributed by atoms with Crippen LogP contribution in [0, 0.1) is 20.8 Å². The molecule has 0 bridgehead atoms. The van der Waals surface area contributed by atoms with E-state index in [9.17, 15) is 4.79 Å². The van der Waals surface area contributed by atoms with Crippen molar-refractivity contribution in [3.05, 3.63) is 71.3 Å². The molecule has 0 aliphatic rings. The van der Waals surface area contributed by atoms with E-state index in [1.54, 1.807) is 0 Å². The Morgan fingerprint density at radius 2 is 1.69 bits per heavy atom. The van der Waals surface area contributed by atoms with Crippen molar-refractivity contribution in [2.24, 2.45) is 0 Å². The summed E-state index contributed by atoms with van der Waals surface area (Å²) in [4.78, 5) is 12.2. The van der Waals surface area contributed by atoms with Crippen LogP contribution >= 0.6 is 11.8 Å². The Balaban J connectivity index is 1.60. The molecule has 132 valence electrons. The molecular formula is C21H21N3OS. The van der Waals surface area contributed by atoms with Crippen LogP contribution in [0.3, 0.4) is 0 Å². The van der Waals surface area contributed by atoms with E-state index < -0.39 is 0 Å². The molecule has 5 heteroatoms. The van der Waals surface area contributed by atoms with Crippen molar-refractivity contribution < 1.29 is 4.79 Å². The highest BCUT2D eigenvalue weighted by Gasteiger charge is 2.09. The summed E-state index contributed by atoms with van der Waals surface area (Å²) in [5.41, 5.74) is 6.18. The number of benzene rings is 2. The molecular weight excluding hydrogens is 342 g/mol. The number of carbonyl (C=O) groups excluding carboxylic acids is 1. The fourth-order valence-electron chi connectivity index (χ4n) is 2.61. The van der Waals surface area contributed by atoms with Crippen LogP contribution in [0.1, 0.15) is 16.7 Å². The number of hydrogen-bond donors (Lipinski definition) is 1. The summed E-state index contributed by atoms with van der Waals surface area (Å²) in [5.74, 6) is 0.250. The SMILES string of the molecule is Cc1ccccc1-c1ccc(SCC(=O)Nc2cccc(C)c2C)nn1. The summed E-state index contributed by atoms with van der Waals surface area (Å²) in [6.07, 6.45) is 0. The zero-order valence-corrected chi connectivity index (χ0v) is 15.9. The zero-order chi connectivity index (χ0) is 18.5. The first-order valence-electron chi connectivity index (χ1n) is 8.43. The van der Waals surface area contributed by atoms with Gasteiger partial charge >= 0.3 is 0 Å². The zero-order valence-electron chi connectivity index (χ0n) is 15.1. The molecule has 0 spiro atoms. The Bertz CT molecular complexity index is 923. The molecule has 0 unspecified atom stereocenters. The van der Waals surface area contributed by atoms with Gasteiger partial charge in [-0.15, -0.1) is 10.2 Å². The summed E-state index contributed by atoms with van der Waals surface area (Å²) in [6, 6.07) is 17.8. The molecule has 1 aromatic heterocycles. The summed E-state index contributed by atoms with van der Waals surface area (Å²) in [6.45, 7) is 6.09. The number of rotatable bonds is 5. The van der Waals surface area contributed by atoms with E-state index in [0.717, 1.165) is 38.7 Å². The minimum Gasteiger partial charge on any atom is -0.325 e. The smallest absolute Gasteiger partial charge is 0.234 e. The van der Waals surface area contributed by atoms with Crippen LogP contribution < -0.4 is 5.32 Å². The van der Waals surface area contributed by atoms with Gasteiger partial charge in [-0.25, -0.2) is 0 Å². The van der Waals surface area contributed by atoms with Gasteiger partial charge in [0.2, 0.25) is 5.91 Å². The van der Waals surface area contributed by atoms with Crippen molar-refractivity contribution in [2.75, 3.05) is 11.1 Å². The highest BCUT2D eigenvalue weighted by Crippen LogP contribution is 2.23. The maximum atomic E-state index is 12.2. The molecule has 26 heavy (non-hydrogen) atoms. The summed E-state index contributed by atoms with van der Waals surface area (Å²) in [7, 11) is 0. The van der Waals surface area contributed by atoms with Gasteiger partial charge < -0.3 is 5.32 Å². The first kappa shape index (κ1) is 18.1. The summed E-state index contributed by atoms with van der Waals surface area (Å²) in [5, 5.41) is 12.2. The lowest BCUT2D eigenvalue weighted by Crippen LogP contribution is -2.15. The lowest BCUT2D eigenvalue weighted by molar-refractivity contribution is -0.113. The number of carbonyl (C=O) groups is 1. The minimum absolute atomic E-state index is 0.0477. The van der Waals surface area contributed by atoms with Crippen molar-refractivity contribution >= 4 is 23.4 Å². The Kier molecular flexibility index (Phi) is 5.68. The minimum atomic E-state index is -0.0477. The number of amides is 1. The second kappa shape index (κ2) is 8.15. The highest BCUT2D eigenvalue weighted by atomic mass is 32.2. The normalized spacial score (nSPS) is 10.6. The molecule has 3 aromatic rings. The van der Waals surface area contributed by atoms with E-state index >= 15 is 0 Å². The predicted molar refractivity (Wildman–Crippen MR) is 107 cm³/mol. The Morgan fingerprint density at radius 3 is 2.42 bits per heavy atom. The quantitative estimate of drug-likeness (QED) is 0.662. The van der Waals surface area contributed by atoms with Gasteiger partial charge in [0.1, 0.15) is 5.03 Å². The van der Waals surface area contributed by atoms with Gasteiger partial charge in [0.15, 0.2) is 0 Å². The van der Waals surface area contributed by atoms with Gasteiger partial charge in [0.05, 0.1) is 11.4 Å². The van der Waals surface area contributed by atoms with Crippen molar-refractivity contribution in [3.63, 3.8) is 0 Å². The maximum Gasteiger partial charge on any atom is 0.234 e. The fourth-order valence-corrected chi connectivity index (χ4v) is 3.23. The van der Waals surface area contributed by atoms with Crippen LogP contribution in [-0.4, -0.2) is 21.9 Å². The van der Waals surface area contributed by atoms with Crippen LogP contribution in [0.4, 0.5) is 5.69 Å². The third-order valence-electron chi connectivity index (χ3n) is 4.29. The topological polar surface area (TPSA) is 54.9 Å². The van der Waals surface area contributed by atoms with Crippen molar-refractivity contribution in [2.45, 2.75) is 25.8 Å². The van der Waals surface area contributed by atoms with Crippen molar-refractivity contribution in [1.29, 1.82) is 0 Å². The molecule has 0 fully saturated rings. The highest BCUT2D eigenvalue weighted by molar-refractivity contribution is 7.99. The Morgan fingerprint density at radius 1 is 0.923 bits per heavy atom. The third kappa shape index (κ3) is 4.29. The molecule has 3 rings (SSSR count). The summed E-state index contributed by atoms with van der Waals surface area (Å²) >= 11 is 1.38. The number of anilines is 1. The van der Waals surface area contributed by atoms with Crippen LogP contribution in [-0.2, 0) is 4.79 Å². The Labute approximate surface area is 158 Å². The maximum absolute atomic E-state index is 12.2. The standard InChI is InChI=1S/C21H21N3OS/c1-14-8-6-10-18(16(14)3)22-20(25)13-26-21-12-11-19(23-24-21)17-9-5-4-7-15(17)2/h4-12H,13H2,1-3H3,(H,22,25). The monoisotopic (exact) mass is 363 g/mol.